The van der Waals surface area contributed by atoms with Crippen LogP contribution in [0.3, 0.4) is 0 Å². The SMILES string of the molecule is C#CCNC(=O)C(C)Oc1ccc([N+](=O)[O-])c(Cl)c1. The van der Waals surface area contributed by atoms with E-state index in [1.54, 1.807) is 0 Å². The summed E-state index contributed by atoms with van der Waals surface area (Å²) in [7, 11) is 0. The van der Waals surface area contributed by atoms with Crippen LogP contribution in [0.2, 0.25) is 5.02 Å². The number of hydrogen-bond acceptors (Lipinski definition) is 4. The topological polar surface area (TPSA) is 81.5 Å². The van der Waals surface area contributed by atoms with Crippen molar-refractivity contribution < 1.29 is 14.5 Å². The van der Waals surface area contributed by atoms with E-state index in [1.165, 1.54) is 25.1 Å². The molecule has 0 fully saturated rings. The fourth-order valence-electron chi connectivity index (χ4n) is 1.25. The quantitative estimate of drug-likeness (QED) is 0.507. The normalized spacial score (nSPS) is 11.2. The maximum Gasteiger partial charge on any atom is 0.288 e. The molecule has 6 nitrogen and oxygen atoms in total. The van der Waals surface area contributed by atoms with E-state index in [-0.39, 0.29) is 28.9 Å². The van der Waals surface area contributed by atoms with E-state index >= 15 is 0 Å². The molecular weight excluding hydrogens is 272 g/mol. The zero-order valence-corrected chi connectivity index (χ0v) is 10.8. The van der Waals surface area contributed by atoms with Gasteiger partial charge < -0.3 is 10.1 Å². The van der Waals surface area contributed by atoms with Crippen LogP contribution in [0, 0.1) is 22.5 Å². The first kappa shape index (κ1) is 14.8. The fourth-order valence-corrected chi connectivity index (χ4v) is 1.49. The summed E-state index contributed by atoms with van der Waals surface area (Å²) in [6.45, 7) is 1.63. The molecule has 0 saturated carbocycles. The van der Waals surface area contributed by atoms with Crippen molar-refractivity contribution in [1.82, 2.24) is 5.32 Å². The lowest BCUT2D eigenvalue weighted by atomic mass is 10.3. The Bertz CT molecular complexity index is 539. The average Bonchev–Trinajstić information content (AvgIpc) is 2.35. The molecule has 0 heterocycles. The van der Waals surface area contributed by atoms with Gasteiger partial charge in [-0.05, 0) is 13.0 Å². The maximum absolute atomic E-state index is 11.5. The summed E-state index contributed by atoms with van der Waals surface area (Å²) < 4.78 is 5.30. The summed E-state index contributed by atoms with van der Waals surface area (Å²) in [5.41, 5.74) is -0.224. The number of nitrogens with zero attached hydrogens (tertiary/aromatic N) is 1. The van der Waals surface area contributed by atoms with Crippen LogP contribution in [0.15, 0.2) is 18.2 Å². The van der Waals surface area contributed by atoms with Gasteiger partial charge in [0.1, 0.15) is 10.8 Å². The number of carbonyl (C=O) groups excluding carboxylic acids is 1. The summed E-state index contributed by atoms with van der Waals surface area (Å²) in [6, 6.07) is 3.86. The highest BCUT2D eigenvalue weighted by Crippen LogP contribution is 2.28. The van der Waals surface area contributed by atoms with Crippen molar-refractivity contribution in [3.63, 3.8) is 0 Å². The molecule has 1 aromatic rings. The van der Waals surface area contributed by atoms with E-state index in [4.69, 9.17) is 22.8 Å². The smallest absolute Gasteiger partial charge is 0.288 e. The number of nitrogens with one attached hydrogen (secondary N) is 1. The average molecular weight is 283 g/mol. The zero-order chi connectivity index (χ0) is 14.4. The van der Waals surface area contributed by atoms with Crippen molar-refractivity contribution in [2.75, 3.05) is 6.54 Å². The van der Waals surface area contributed by atoms with Gasteiger partial charge in [-0.25, -0.2) is 0 Å². The van der Waals surface area contributed by atoms with Crippen molar-refractivity contribution in [2.45, 2.75) is 13.0 Å². The molecule has 0 aliphatic carbocycles. The van der Waals surface area contributed by atoms with Gasteiger partial charge >= 0.3 is 0 Å². The molecular formula is C12H11ClN2O4. The second-order valence-electron chi connectivity index (χ2n) is 3.55. The summed E-state index contributed by atoms with van der Waals surface area (Å²) >= 11 is 5.72. The highest BCUT2D eigenvalue weighted by atomic mass is 35.5. The lowest BCUT2D eigenvalue weighted by molar-refractivity contribution is -0.384. The number of ether oxygens (including phenoxy) is 1. The minimum Gasteiger partial charge on any atom is -0.481 e. The number of benzene rings is 1. The van der Waals surface area contributed by atoms with Gasteiger partial charge in [-0.3, -0.25) is 14.9 Å². The third-order valence-corrected chi connectivity index (χ3v) is 2.47. The first-order valence-corrected chi connectivity index (χ1v) is 5.65. The van der Waals surface area contributed by atoms with Crippen LogP contribution < -0.4 is 10.1 Å². The first-order valence-electron chi connectivity index (χ1n) is 5.27. The minimum atomic E-state index is -0.786. The second-order valence-corrected chi connectivity index (χ2v) is 3.96. The molecule has 0 aliphatic rings. The number of hydrogen-bond donors (Lipinski definition) is 1. The van der Waals surface area contributed by atoms with Gasteiger partial charge in [0.15, 0.2) is 6.10 Å². The van der Waals surface area contributed by atoms with Crippen LogP contribution in [0.1, 0.15) is 6.92 Å². The maximum atomic E-state index is 11.5. The van der Waals surface area contributed by atoms with E-state index in [0.717, 1.165) is 0 Å². The van der Waals surface area contributed by atoms with E-state index in [1.807, 2.05) is 0 Å². The van der Waals surface area contributed by atoms with Crippen LogP contribution in [0.5, 0.6) is 5.75 Å². The van der Waals surface area contributed by atoms with Crippen molar-refractivity contribution in [3.05, 3.63) is 33.3 Å². The van der Waals surface area contributed by atoms with Gasteiger partial charge in [0.05, 0.1) is 11.5 Å². The van der Waals surface area contributed by atoms with E-state index in [2.05, 4.69) is 11.2 Å². The molecule has 0 radical (unpaired) electrons. The van der Waals surface area contributed by atoms with Gasteiger partial charge in [0.25, 0.3) is 11.6 Å². The number of halogens is 1. The van der Waals surface area contributed by atoms with Crippen molar-refractivity contribution in [1.29, 1.82) is 0 Å². The molecule has 1 aromatic carbocycles. The first-order chi connectivity index (χ1) is 8.95. The molecule has 7 heteroatoms. The minimum absolute atomic E-state index is 0.0567. The Labute approximate surface area is 114 Å². The van der Waals surface area contributed by atoms with Gasteiger partial charge in [-0.15, -0.1) is 6.42 Å². The van der Waals surface area contributed by atoms with Crippen LogP contribution in [-0.4, -0.2) is 23.5 Å². The number of nitro benzene ring substituents is 1. The predicted octanol–water partition coefficient (Wildman–Crippen LogP) is 1.76. The number of carbonyl (C=O) groups is 1. The Hall–Kier alpha value is -2.26. The van der Waals surface area contributed by atoms with E-state index in [9.17, 15) is 14.9 Å². The summed E-state index contributed by atoms with van der Waals surface area (Å²) in [5, 5.41) is 13.0. The lowest BCUT2D eigenvalue weighted by Gasteiger charge is -2.13. The molecule has 1 unspecified atom stereocenters. The molecule has 1 atom stereocenters. The molecule has 1 amide bonds. The van der Waals surface area contributed by atoms with Gasteiger partial charge in [-0.2, -0.15) is 0 Å². The number of terminal acetylenes is 1. The number of rotatable bonds is 5. The van der Waals surface area contributed by atoms with Crippen LogP contribution >= 0.6 is 11.6 Å². The van der Waals surface area contributed by atoms with Crippen molar-refractivity contribution >= 4 is 23.2 Å². The molecule has 1 rings (SSSR count). The Morgan fingerprint density at radius 1 is 1.68 bits per heavy atom. The largest absolute Gasteiger partial charge is 0.481 e. The molecule has 1 N–H and O–H groups in total. The van der Waals surface area contributed by atoms with Gasteiger partial charge in [0.2, 0.25) is 0 Å². The summed E-state index contributed by atoms with van der Waals surface area (Å²) in [4.78, 5) is 21.5. The van der Waals surface area contributed by atoms with Gasteiger partial charge in [0, 0.05) is 12.1 Å². The summed E-state index contributed by atoms with van der Waals surface area (Å²) in [5.74, 6) is 2.14. The highest BCUT2D eigenvalue weighted by Gasteiger charge is 2.17. The molecule has 0 bridgehead atoms. The summed E-state index contributed by atoms with van der Waals surface area (Å²) in [6.07, 6.45) is 4.22. The van der Waals surface area contributed by atoms with E-state index < -0.39 is 11.0 Å². The monoisotopic (exact) mass is 282 g/mol. The predicted molar refractivity (Wildman–Crippen MR) is 70.0 cm³/mol. The second kappa shape index (κ2) is 6.61. The zero-order valence-electron chi connectivity index (χ0n) is 10.1. The Morgan fingerprint density at radius 3 is 2.89 bits per heavy atom. The molecule has 19 heavy (non-hydrogen) atoms. The standard InChI is InChI=1S/C12H11ClN2O4/c1-3-6-14-12(16)8(2)19-9-4-5-11(15(17)18)10(13)7-9/h1,4-5,7-8H,6H2,2H3,(H,14,16). The van der Waals surface area contributed by atoms with Crippen molar-refractivity contribution in [2.24, 2.45) is 0 Å². The molecule has 0 aromatic heterocycles. The molecule has 0 saturated heterocycles. The van der Waals surface area contributed by atoms with Gasteiger partial charge in [-0.1, -0.05) is 17.5 Å². The third kappa shape index (κ3) is 4.16. The molecule has 0 aliphatic heterocycles. The third-order valence-electron chi connectivity index (χ3n) is 2.16. The highest BCUT2D eigenvalue weighted by molar-refractivity contribution is 6.32. The number of nitro groups is 1. The molecule has 0 spiro atoms. The Balaban J connectivity index is 2.73. The fraction of sp³-hybridized carbons (Fsp3) is 0.250. The van der Waals surface area contributed by atoms with Crippen LogP contribution in [0.25, 0.3) is 0 Å². The van der Waals surface area contributed by atoms with Crippen molar-refractivity contribution in [3.8, 4) is 18.1 Å². The lowest BCUT2D eigenvalue weighted by Crippen LogP contribution is -2.36. The Morgan fingerprint density at radius 2 is 2.37 bits per heavy atom. The van der Waals surface area contributed by atoms with E-state index in [0.29, 0.717) is 0 Å². The number of amides is 1. The van der Waals surface area contributed by atoms with Crippen LogP contribution in [-0.2, 0) is 4.79 Å². The Kier molecular flexibility index (Phi) is 5.15. The van der Waals surface area contributed by atoms with Crippen LogP contribution in [0.4, 0.5) is 5.69 Å². The molecule has 100 valence electrons.